The molecular weight excluding hydrogens is 348 g/mol. The van der Waals surface area contributed by atoms with Crippen LogP contribution in [0.15, 0.2) is 91.0 Å². The maximum atomic E-state index is 13.4. The summed E-state index contributed by atoms with van der Waals surface area (Å²) in [7, 11) is 0. The minimum absolute atomic E-state index is 0.0139. The summed E-state index contributed by atoms with van der Waals surface area (Å²) in [6.07, 6.45) is 0.497. The number of nitrogens with one attached hydrogen (secondary N) is 1. The second-order valence-electron chi connectivity index (χ2n) is 6.91. The third-order valence-corrected chi connectivity index (χ3v) is 5.11. The largest absolute Gasteiger partial charge is 0.343 e. The van der Waals surface area contributed by atoms with Crippen LogP contribution >= 0.6 is 0 Å². The predicted molar refractivity (Wildman–Crippen MR) is 108 cm³/mol. The number of amides is 2. The number of hydrogen-bond donors (Lipinski definition) is 1. The zero-order valence-corrected chi connectivity index (χ0v) is 15.5. The van der Waals surface area contributed by atoms with Gasteiger partial charge in [-0.05, 0) is 16.7 Å². The predicted octanol–water partition coefficient (Wildman–Crippen LogP) is 3.87. The van der Waals surface area contributed by atoms with Crippen molar-refractivity contribution in [1.29, 1.82) is 0 Å². The van der Waals surface area contributed by atoms with E-state index in [9.17, 15) is 9.59 Å². The van der Waals surface area contributed by atoms with E-state index in [0.29, 0.717) is 13.0 Å². The molecule has 1 fully saturated rings. The van der Waals surface area contributed by atoms with Crippen molar-refractivity contribution < 1.29 is 9.59 Å². The number of likely N-dealkylation sites (tertiary alicyclic amines) is 1. The van der Waals surface area contributed by atoms with Gasteiger partial charge in [-0.2, -0.15) is 0 Å². The van der Waals surface area contributed by atoms with Crippen LogP contribution in [0.1, 0.15) is 35.2 Å². The lowest BCUT2D eigenvalue weighted by atomic mass is 9.96. The topological polar surface area (TPSA) is 49.4 Å². The number of benzene rings is 3. The summed E-state index contributed by atoms with van der Waals surface area (Å²) in [5.41, 5.74) is 2.83. The molecule has 0 radical (unpaired) electrons. The lowest BCUT2D eigenvalue weighted by Crippen LogP contribution is -2.51. The van der Waals surface area contributed by atoms with Crippen LogP contribution in [-0.4, -0.2) is 23.3 Å². The van der Waals surface area contributed by atoms with Crippen LogP contribution in [0.4, 0.5) is 0 Å². The van der Waals surface area contributed by atoms with E-state index in [1.165, 1.54) is 0 Å². The van der Waals surface area contributed by atoms with Gasteiger partial charge in [-0.3, -0.25) is 9.59 Å². The second-order valence-corrected chi connectivity index (χ2v) is 6.91. The first-order chi connectivity index (χ1) is 13.7. The molecule has 4 rings (SSSR count). The molecule has 3 aromatic rings. The maximum absolute atomic E-state index is 13.4. The van der Waals surface area contributed by atoms with Gasteiger partial charge in [0.25, 0.3) is 0 Å². The third kappa shape index (κ3) is 3.67. The summed E-state index contributed by atoms with van der Waals surface area (Å²) in [6, 6.07) is 28.4. The van der Waals surface area contributed by atoms with Crippen LogP contribution in [0.3, 0.4) is 0 Å². The minimum Gasteiger partial charge on any atom is -0.343 e. The van der Waals surface area contributed by atoms with Gasteiger partial charge in [0, 0.05) is 13.0 Å². The highest BCUT2D eigenvalue weighted by Crippen LogP contribution is 2.29. The normalized spacial score (nSPS) is 14.5. The SMILES string of the molecule is O=C(NC(c1ccccc1)c1ccccc1)[C@@H](c1ccccc1)N1CCC1=O. The average Bonchev–Trinajstić information content (AvgIpc) is 2.76. The Kier molecular flexibility index (Phi) is 5.20. The summed E-state index contributed by atoms with van der Waals surface area (Å²) in [6.45, 7) is 0.604. The number of carbonyl (C=O) groups is 2. The molecule has 1 N–H and O–H groups in total. The molecule has 4 heteroatoms. The van der Waals surface area contributed by atoms with E-state index in [0.717, 1.165) is 16.7 Å². The van der Waals surface area contributed by atoms with Gasteiger partial charge in [0.1, 0.15) is 6.04 Å². The Morgan fingerprint density at radius 1 is 0.750 bits per heavy atom. The van der Waals surface area contributed by atoms with E-state index in [2.05, 4.69) is 5.32 Å². The molecular formula is C24H22N2O2. The molecule has 0 bridgehead atoms. The first kappa shape index (κ1) is 18.0. The summed E-state index contributed by atoms with van der Waals surface area (Å²) in [5.74, 6) is -0.156. The zero-order chi connectivity index (χ0) is 19.3. The van der Waals surface area contributed by atoms with Gasteiger partial charge in [-0.1, -0.05) is 91.0 Å². The monoisotopic (exact) mass is 370 g/mol. The Bertz CT molecular complexity index is 903. The lowest BCUT2D eigenvalue weighted by Gasteiger charge is -2.38. The standard InChI is InChI=1S/C24H22N2O2/c27-21-16-17-26(21)23(20-14-8-3-9-15-20)24(28)25-22(18-10-4-1-5-11-18)19-12-6-2-7-13-19/h1-15,22-23H,16-17H2,(H,25,28)/t23-/m1/s1. The highest BCUT2D eigenvalue weighted by atomic mass is 16.2. The lowest BCUT2D eigenvalue weighted by molar-refractivity contribution is -0.149. The van der Waals surface area contributed by atoms with Crippen molar-refractivity contribution >= 4 is 11.8 Å². The highest BCUT2D eigenvalue weighted by Gasteiger charge is 2.37. The molecule has 2 amide bonds. The van der Waals surface area contributed by atoms with Crippen molar-refractivity contribution in [3.8, 4) is 0 Å². The van der Waals surface area contributed by atoms with E-state index >= 15 is 0 Å². The maximum Gasteiger partial charge on any atom is 0.248 e. The Hall–Kier alpha value is -3.40. The van der Waals surface area contributed by atoms with E-state index in [1.807, 2.05) is 91.0 Å². The van der Waals surface area contributed by atoms with Gasteiger partial charge in [0.15, 0.2) is 0 Å². The highest BCUT2D eigenvalue weighted by molar-refractivity contribution is 5.91. The van der Waals surface area contributed by atoms with E-state index < -0.39 is 6.04 Å². The molecule has 0 aliphatic carbocycles. The van der Waals surface area contributed by atoms with Crippen LogP contribution in [0.25, 0.3) is 0 Å². The molecule has 4 nitrogen and oxygen atoms in total. The molecule has 3 aromatic carbocycles. The van der Waals surface area contributed by atoms with Crippen molar-refractivity contribution in [2.24, 2.45) is 0 Å². The Morgan fingerprint density at radius 3 is 1.61 bits per heavy atom. The van der Waals surface area contributed by atoms with Crippen LogP contribution in [0, 0.1) is 0 Å². The molecule has 0 saturated carbocycles. The number of rotatable bonds is 6. The van der Waals surface area contributed by atoms with Gasteiger partial charge in [-0.25, -0.2) is 0 Å². The molecule has 28 heavy (non-hydrogen) atoms. The zero-order valence-electron chi connectivity index (χ0n) is 15.5. The summed E-state index contributed by atoms with van der Waals surface area (Å²) >= 11 is 0. The molecule has 1 heterocycles. The minimum atomic E-state index is -0.614. The van der Waals surface area contributed by atoms with Crippen LogP contribution in [0.2, 0.25) is 0 Å². The molecule has 140 valence electrons. The number of nitrogens with zero attached hydrogens (tertiary/aromatic N) is 1. The van der Waals surface area contributed by atoms with Gasteiger partial charge < -0.3 is 10.2 Å². The van der Waals surface area contributed by atoms with E-state index in [-0.39, 0.29) is 17.9 Å². The van der Waals surface area contributed by atoms with Gasteiger partial charge >= 0.3 is 0 Å². The number of carbonyl (C=O) groups excluding carboxylic acids is 2. The van der Waals surface area contributed by atoms with Gasteiger partial charge in [0.2, 0.25) is 11.8 Å². The van der Waals surface area contributed by atoms with Gasteiger partial charge in [0.05, 0.1) is 6.04 Å². The Morgan fingerprint density at radius 2 is 1.21 bits per heavy atom. The fourth-order valence-corrected chi connectivity index (χ4v) is 3.58. The van der Waals surface area contributed by atoms with Crippen molar-refractivity contribution in [3.05, 3.63) is 108 Å². The van der Waals surface area contributed by atoms with E-state index in [1.54, 1.807) is 4.90 Å². The molecule has 0 aromatic heterocycles. The van der Waals surface area contributed by atoms with Crippen LogP contribution < -0.4 is 5.32 Å². The third-order valence-electron chi connectivity index (χ3n) is 5.11. The summed E-state index contributed by atoms with van der Waals surface area (Å²) in [5, 5.41) is 3.19. The molecule has 1 atom stereocenters. The second kappa shape index (κ2) is 8.09. The van der Waals surface area contributed by atoms with Crippen LogP contribution in [0.5, 0.6) is 0 Å². The number of hydrogen-bond acceptors (Lipinski definition) is 2. The average molecular weight is 370 g/mol. The fraction of sp³-hybridized carbons (Fsp3) is 0.167. The summed E-state index contributed by atoms with van der Waals surface area (Å²) < 4.78 is 0. The van der Waals surface area contributed by atoms with E-state index in [4.69, 9.17) is 0 Å². The van der Waals surface area contributed by atoms with Crippen LogP contribution in [-0.2, 0) is 9.59 Å². The molecule has 1 saturated heterocycles. The summed E-state index contributed by atoms with van der Waals surface area (Å²) in [4.78, 5) is 27.1. The van der Waals surface area contributed by atoms with Crippen molar-refractivity contribution in [2.45, 2.75) is 18.5 Å². The molecule has 1 aliphatic rings. The Labute approximate surface area is 164 Å². The van der Waals surface area contributed by atoms with Crippen molar-refractivity contribution in [2.75, 3.05) is 6.54 Å². The molecule has 0 spiro atoms. The smallest absolute Gasteiger partial charge is 0.248 e. The van der Waals surface area contributed by atoms with Crippen molar-refractivity contribution in [1.82, 2.24) is 10.2 Å². The first-order valence-corrected chi connectivity index (χ1v) is 9.49. The Balaban J connectivity index is 1.66. The fourth-order valence-electron chi connectivity index (χ4n) is 3.58. The number of β-lactam (4-membered cyclic amide) rings is 1. The first-order valence-electron chi connectivity index (χ1n) is 9.49. The van der Waals surface area contributed by atoms with Crippen molar-refractivity contribution in [3.63, 3.8) is 0 Å². The molecule has 0 unspecified atom stereocenters. The quantitative estimate of drug-likeness (QED) is 0.670. The molecule has 1 aliphatic heterocycles. The van der Waals surface area contributed by atoms with Gasteiger partial charge in [-0.15, -0.1) is 0 Å².